The molecule has 1 fully saturated rings. The fraction of sp³-hybridized carbons (Fsp3) is 0.571. The molecule has 1 aliphatic carbocycles. The Labute approximate surface area is 92.7 Å². The number of hydrogen-bond acceptors (Lipinski definition) is 1. The standard InChI is InChI=1S/C14H21N/c1-14(2)12(13(14)10-15)9-8-11-6-4-3-5-7-11/h3-7,12-13H,8-10,15H2,1-2H3/t12-,13-/m1/s1. The summed E-state index contributed by atoms with van der Waals surface area (Å²) in [6, 6.07) is 10.7. The zero-order chi connectivity index (χ0) is 10.9. The SMILES string of the molecule is CC1(C)[C@H](CN)[C@H]1CCc1ccccc1. The van der Waals surface area contributed by atoms with E-state index in [2.05, 4.69) is 44.2 Å². The minimum absolute atomic E-state index is 0.490. The first-order valence-electron chi connectivity index (χ1n) is 5.90. The summed E-state index contributed by atoms with van der Waals surface area (Å²) in [7, 11) is 0. The summed E-state index contributed by atoms with van der Waals surface area (Å²) in [6.45, 7) is 5.55. The van der Waals surface area contributed by atoms with Crippen molar-refractivity contribution in [2.75, 3.05) is 6.54 Å². The second-order valence-electron chi connectivity index (χ2n) is 5.29. The van der Waals surface area contributed by atoms with Crippen molar-refractivity contribution in [3.05, 3.63) is 35.9 Å². The van der Waals surface area contributed by atoms with Crippen molar-refractivity contribution in [3.63, 3.8) is 0 Å². The first-order valence-corrected chi connectivity index (χ1v) is 5.90. The largest absolute Gasteiger partial charge is 0.330 e. The van der Waals surface area contributed by atoms with Crippen LogP contribution in [0.1, 0.15) is 25.8 Å². The number of hydrogen-bond donors (Lipinski definition) is 1. The molecule has 1 aromatic rings. The highest BCUT2D eigenvalue weighted by Gasteiger charge is 2.55. The van der Waals surface area contributed by atoms with E-state index in [9.17, 15) is 0 Å². The first kappa shape index (κ1) is 10.7. The van der Waals surface area contributed by atoms with Gasteiger partial charge in [0, 0.05) is 0 Å². The monoisotopic (exact) mass is 203 g/mol. The molecule has 1 heteroatoms. The van der Waals surface area contributed by atoms with Crippen molar-refractivity contribution >= 4 is 0 Å². The average Bonchev–Trinajstić information content (AvgIpc) is 2.78. The summed E-state index contributed by atoms with van der Waals surface area (Å²) in [5.74, 6) is 1.59. The molecular weight excluding hydrogens is 182 g/mol. The predicted molar refractivity (Wildman–Crippen MR) is 64.6 cm³/mol. The van der Waals surface area contributed by atoms with Gasteiger partial charge in [-0.2, -0.15) is 0 Å². The Balaban J connectivity index is 1.86. The summed E-state index contributed by atoms with van der Waals surface area (Å²) in [6.07, 6.45) is 2.49. The molecule has 0 bridgehead atoms. The lowest BCUT2D eigenvalue weighted by Gasteiger charge is -2.02. The van der Waals surface area contributed by atoms with Gasteiger partial charge in [-0.1, -0.05) is 44.2 Å². The Morgan fingerprint density at radius 2 is 1.80 bits per heavy atom. The second-order valence-corrected chi connectivity index (χ2v) is 5.29. The summed E-state index contributed by atoms with van der Waals surface area (Å²) in [5.41, 5.74) is 7.71. The van der Waals surface area contributed by atoms with Crippen molar-refractivity contribution < 1.29 is 0 Å². The van der Waals surface area contributed by atoms with Crippen LogP contribution in [0.4, 0.5) is 0 Å². The van der Waals surface area contributed by atoms with Gasteiger partial charge >= 0.3 is 0 Å². The van der Waals surface area contributed by atoms with Crippen LogP contribution in [0.25, 0.3) is 0 Å². The normalized spacial score (nSPS) is 27.7. The Bertz CT molecular complexity index is 315. The minimum atomic E-state index is 0.490. The number of nitrogens with two attached hydrogens (primary N) is 1. The molecule has 0 heterocycles. The molecule has 0 unspecified atom stereocenters. The van der Waals surface area contributed by atoms with Crippen molar-refractivity contribution in [2.45, 2.75) is 26.7 Å². The highest BCUT2D eigenvalue weighted by Crippen LogP contribution is 2.59. The van der Waals surface area contributed by atoms with E-state index in [0.29, 0.717) is 5.41 Å². The lowest BCUT2D eigenvalue weighted by Crippen LogP contribution is -2.05. The third-order valence-electron chi connectivity index (χ3n) is 4.13. The molecule has 0 amide bonds. The van der Waals surface area contributed by atoms with Crippen LogP contribution in [0.2, 0.25) is 0 Å². The lowest BCUT2D eigenvalue weighted by atomic mass is 10.0. The molecule has 0 aliphatic heterocycles. The Kier molecular flexibility index (Phi) is 2.83. The number of benzene rings is 1. The maximum atomic E-state index is 5.77. The first-order chi connectivity index (χ1) is 7.16. The zero-order valence-electron chi connectivity index (χ0n) is 9.74. The van der Waals surface area contributed by atoms with Gasteiger partial charge in [0.2, 0.25) is 0 Å². The molecule has 82 valence electrons. The molecular formula is C14H21N. The van der Waals surface area contributed by atoms with Gasteiger partial charge in [-0.25, -0.2) is 0 Å². The third kappa shape index (κ3) is 2.07. The third-order valence-corrected chi connectivity index (χ3v) is 4.13. The number of aryl methyl sites for hydroxylation is 1. The summed E-state index contributed by atoms with van der Waals surface area (Å²) in [4.78, 5) is 0. The molecule has 0 saturated heterocycles. The van der Waals surface area contributed by atoms with Gasteiger partial charge in [-0.15, -0.1) is 0 Å². The Morgan fingerprint density at radius 1 is 1.13 bits per heavy atom. The Hall–Kier alpha value is -0.820. The van der Waals surface area contributed by atoms with Crippen molar-refractivity contribution in [2.24, 2.45) is 23.0 Å². The van der Waals surface area contributed by atoms with Crippen LogP contribution >= 0.6 is 0 Å². The van der Waals surface area contributed by atoms with E-state index >= 15 is 0 Å². The minimum Gasteiger partial charge on any atom is -0.330 e. The summed E-state index contributed by atoms with van der Waals surface area (Å²) < 4.78 is 0. The van der Waals surface area contributed by atoms with Gasteiger partial charge in [0.1, 0.15) is 0 Å². The van der Waals surface area contributed by atoms with E-state index in [1.54, 1.807) is 0 Å². The van der Waals surface area contributed by atoms with E-state index in [-0.39, 0.29) is 0 Å². The maximum Gasteiger partial charge on any atom is -0.00408 e. The molecule has 2 N–H and O–H groups in total. The van der Waals surface area contributed by atoms with Crippen LogP contribution in [-0.2, 0) is 6.42 Å². The molecule has 0 radical (unpaired) electrons. The average molecular weight is 203 g/mol. The second kappa shape index (κ2) is 3.97. The highest BCUT2D eigenvalue weighted by atomic mass is 14.7. The molecule has 1 aliphatic rings. The van der Waals surface area contributed by atoms with Gasteiger partial charge in [-0.3, -0.25) is 0 Å². The van der Waals surface area contributed by atoms with Crippen molar-refractivity contribution in [3.8, 4) is 0 Å². The fourth-order valence-corrected chi connectivity index (χ4v) is 2.87. The van der Waals surface area contributed by atoms with Gasteiger partial charge < -0.3 is 5.73 Å². The van der Waals surface area contributed by atoms with E-state index < -0.39 is 0 Å². The maximum absolute atomic E-state index is 5.77. The van der Waals surface area contributed by atoms with Crippen LogP contribution in [0, 0.1) is 17.3 Å². The van der Waals surface area contributed by atoms with Gasteiger partial charge in [0.15, 0.2) is 0 Å². The molecule has 1 nitrogen and oxygen atoms in total. The van der Waals surface area contributed by atoms with E-state index in [1.165, 1.54) is 18.4 Å². The molecule has 0 spiro atoms. The van der Waals surface area contributed by atoms with Crippen LogP contribution in [0.5, 0.6) is 0 Å². The van der Waals surface area contributed by atoms with Gasteiger partial charge in [0.25, 0.3) is 0 Å². The lowest BCUT2D eigenvalue weighted by molar-refractivity contribution is 0.522. The Morgan fingerprint density at radius 3 is 2.33 bits per heavy atom. The fourth-order valence-electron chi connectivity index (χ4n) is 2.87. The van der Waals surface area contributed by atoms with Crippen LogP contribution in [0.3, 0.4) is 0 Å². The molecule has 2 atom stereocenters. The van der Waals surface area contributed by atoms with E-state index in [1.807, 2.05) is 0 Å². The smallest absolute Gasteiger partial charge is 0.00408 e. The molecule has 2 rings (SSSR count). The van der Waals surface area contributed by atoms with Gasteiger partial charge in [-0.05, 0) is 42.2 Å². The van der Waals surface area contributed by atoms with E-state index in [4.69, 9.17) is 5.73 Å². The molecule has 15 heavy (non-hydrogen) atoms. The molecule has 1 saturated carbocycles. The quantitative estimate of drug-likeness (QED) is 0.800. The highest BCUT2D eigenvalue weighted by molar-refractivity contribution is 5.16. The predicted octanol–water partition coefficient (Wildman–Crippen LogP) is 2.85. The van der Waals surface area contributed by atoms with E-state index in [0.717, 1.165) is 18.4 Å². The topological polar surface area (TPSA) is 26.0 Å². The van der Waals surface area contributed by atoms with Gasteiger partial charge in [0.05, 0.1) is 0 Å². The summed E-state index contributed by atoms with van der Waals surface area (Å²) >= 11 is 0. The molecule has 1 aromatic carbocycles. The van der Waals surface area contributed by atoms with Crippen LogP contribution < -0.4 is 5.73 Å². The molecule has 0 aromatic heterocycles. The summed E-state index contributed by atoms with van der Waals surface area (Å²) in [5, 5.41) is 0. The zero-order valence-corrected chi connectivity index (χ0v) is 9.74. The van der Waals surface area contributed by atoms with Crippen LogP contribution in [0.15, 0.2) is 30.3 Å². The van der Waals surface area contributed by atoms with Crippen LogP contribution in [-0.4, -0.2) is 6.54 Å². The van der Waals surface area contributed by atoms with Crippen molar-refractivity contribution in [1.29, 1.82) is 0 Å². The number of rotatable bonds is 4. The van der Waals surface area contributed by atoms with Crippen molar-refractivity contribution in [1.82, 2.24) is 0 Å².